The van der Waals surface area contributed by atoms with Gasteiger partial charge in [-0.1, -0.05) is 57.2 Å². The second-order valence-electron chi connectivity index (χ2n) is 10.0. The molecular formula is C31H42N2O5. The van der Waals surface area contributed by atoms with Gasteiger partial charge in [-0.2, -0.15) is 0 Å². The van der Waals surface area contributed by atoms with Crippen molar-refractivity contribution >= 4 is 29.4 Å². The van der Waals surface area contributed by atoms with Crippen LogP contribution in [-0.2, 0) is 25.7 Å². The van der Waals surface area contributed by atoms with Crippen molar-refractivity contribution in [1.29, 1.82) is 0 Å². The molecule has 38 heavy (non-hydrogen) atoms. The van der Waals surface area contributed by atoms with Crippen LogP contribution in [0.5, 0.6) is 5.75 Å². The third-order valence-corrected chi connectivity index (χ3v) is 6.91. The number of hydrogen-bond acceptors (Lipinski definition) is 7. The molecule has 7 heteroatoms. The van der Waals surface area contributed by atoms with Gasteiger partial charge in [0, 0.05) is 29.6 Å². The lowest BCUT2D eigenvalue weighted by Gasteiger charge is -2.27. The first-order valence-electron chi connectivity index (χ1n) is 13.9. The highest BCUT2D eigenvalue weighted by Crippen LogP contribution is 2.28. The van der Waals surface area contributed by atoms with Crippen LogP contribution >= 0.6 is 0 Å². The molecule has 2 aromatic carbocycles. The van der Waals surface area contributed by atoms with Crippen molar-refractivity contribution in [2.24, 2.45) is 5.92 Å². The Hall–Kier alpha value is -3.32. The number of unbranched alkanes of at least 4 members (excludes halogenated alkanes) is 5. The van der Waals surface area contributed by atoms with Crippen molar-refractivity contribution < 1.29 is 23.8 Å². The van der Waals surface area contributed by atoms with Gasteiger partial charge in [0.2, 0.25) is 0 Å². The summed E-state index contributed by atoms with van der Waals surface area (Å²) >= 11 is 0. The van der Waals surface area contributed by atoms with Gasteiger partial charge in [-0.3, -0.25) is 4.79 Å². The molecule has 0 heterocycles. The molecule has 0 saturated heterocycles. The molecule has 0 aliphatic heterocycles. The van der Waals surface area contributed by atoms with E-state index in [0.717, 1.165) is 44.3 Å². The lowest BCUT2D eigenvalue weighted by molar-refractivity contribution is -0.141. The van der Waals surface area contributed by atoms with Gasteiger partial charge in [-0.05, 0) is 68.0 Å². The van der Waals surface area contributed by atoms with Gasteiger partial charge in [0.05, 0.1) is 12.0 Å². The number of hydrogen-bond donors (Lipinski definition) is 2. The number of ether oxygens (including phenoxy) is 3. The van der Waals surface area contributed by atoms with Gasteiger partial charge in [-0.25, -0.2) is 4.79 Å². The highest BCUT2D eigenvalue weighted by molar-refractivity contribution is 5.87. The maximum Gasteiger partial charge on any atom is 0.331 e. The molecule has 206 valence electrons. The molecular weight excluding hydrogens is 480 g/mol. The van der Waals surface area contributed by atoms with Crippen LogP contribution in [0.2, 0.25) is 0 Å². The maximum absolute atomic E-state index is 12.6. The summed E-state index contributed by atoms with van der Waals surface area (Å²) in [4.78, 5) is 24.7. The minimum absolute atomic E-state index is 0.0668. The molecule has 7 nitrogen and oxygen atoms in total. The quantitative estimate of drug-likeness (QED) is 0.0963. The summed E-state index contributed by atoms with van der Waals surface area (Å²) < 4.78 is 16.9. The number of benzene rings is 2. The molecule has 0 amide bonds. The molecule has 0 spiro atoms. The average Bonchev–Trinajstić information content (AvgIpc) is 2.92. The zero-order valence-electron chi connectivity index (χ0n) is 22.5. The van der Waals surface area contributed by atoms with E-state index < -0.39 is 5.97 Å². The van der Waals surface area contributed by atoms with Crippen molar-refractivity contribution in [3.8, 4) is 5.75 Å². The first kappa shape index (κ1) is 29.2. The first-order chi connectivity index (χ1) is 18.4. The average molecular weight is 523 g/mol. The Labute approximate surface area is 226 Å². The number of carbonyl (C=O) groups is 2. The molecule has 0 atom stereocenters. The summed E-state index contributed by atoms with van der Waals surface area (Å²) in [5.41, 5.74) is 14.1. The number of nitrogens with two attached hydrogens (primary N) is 2. The highest BCUT2D eigenvalue weighted by Gasteiger charge is 2.28. The van der Waals surface area contributed by atoms with Gasteiger partial charge in [-0.15, -0.1) is 0 Å². The van der Waals surface area contributed by atoms with Gasteiger partial charge in [0.1, 0.15) is 12.4 Å². The number of carbonyl (C=O) groups excluding carboxylic acids is 2. The van der Waals surface area contributed by atoms with Crippen molar-refractivity contribution in [1.82, 2.24) is 0 Å². The molecule has 1 aliphatic carbocycles. The molecule has 3 rings (SSSR count). The topological polar surface area (TPSA) is 114 Å². The summed E-state index contributed by atoms with van der Waals surface area (Å²) in [6, 6.07) is 12.1. The van der Waals surface area contributed by atoms with Crippen molar-refractivity contribution in [2.75, 3.05) is 18.1 Å². The number of esters is 2. The molecule has 0 unspecified atom stereocenters. The van der Waals surface area contributed by atoms with Crippen LogP contribution in [0.25, 0.3) is 6.08 Å². The third-order valence-electron chi connectivity index (χ3n) is 6.91. The fraction of sp³-hybridized carbons (Fsp3) is 0.484. The molecule has 4 N–H and O–H groups in total. The van der Waals surface area contributed by atoms with E-state index in [1.807, 2.05) is 0 Å². The van der Waals surface area contributed by atoms with Crippen LogP contribution in [-0.4, -0.2) is 24.6 Å². The van der Waals surface area contributed by atoms with E-state index in [4.69, 9.17) is 25.7 Å². The fourth-order valence-electron chi connectivity index (χ4n) is 4.55. The molecule has 2 aromatic rings. The standard InChI is InChI=1S/C31H42N2O5/c1-2-3-4-5-6-7-20-36-27-17-12-24(13-18-27)31(35)38-28-15-8-23(9-16-28)10-19-30(34)37-22-25-11-14-26(32)21-29(25)33/h8-11,14-16,19,21,24,27H,2-7,12-13,17-18,20,22,32-33H2,1H3. The lowest BCUT2D eigenvalue weighted by atomic mass is 9.87. The van der Waals surface area contributed by atoms with Crippen LogP contribution < -0.4 is 16.2 Å². The van der Waals surface area contributed by atoms with Gasteiger partial charge >= 0.3 is 11.9 Å². The van der Waals surface area contributed by atoms with E-state index in [1.54, 1.807) is 48.5 Å². The van der Waals surface area contributed by atoms with E-state index in [9.17, 15) is 9.59 Å². The molecule has 0 aromatic heterocycles. The van der Waals surface area contributed by atoms with E-state index in [1.165, 1.54) is 38.2 Å². The number of rotatable bonds is 14. The highest BCUT2D eigenvalue weighted by atomic mass is 16.5. The second-order valence-corrected chi connectivity index (χ2v) is 10.0. The van der Waals surface area contributed by atoms with E-state index in [2.05, 4.69) is 6.92 Å². The Morgan fingerprint density at radius 3 is 2.34 bits per heavy atom. The van der Waals surface area contributed by atoms with E-state index in [-0.39, 0.29) is 24.6 Å². The SMILES string of the molecule is CCCCCCCCOC1CCC(C(=O)Oc2ccc(C=CC(=O)OCc3ccc(N)cc3N)cc2)CC1. The summed E-state index contributed by atoms with van der Waals surface area (Å²) in [6.45, 7) is 3.12. The van der Waals surface area contributed by atoms with Crippen molar-refractivity contribution in [3.05, 3.63) is 59.7 Å². The molecule has 0 bridgehead atoms. The summed E-state index contributed by atoms with van der Waals surface area (Å²) in [7, 11) is 0. The summed E-state index contributed by atoms with van der Waals surface area (Å²) in [6.07, 6.45) is 14.2. The molecule has 1 aliphatic rings. The van der Waals surface area contributed by atoms with Crippen LogP contribution in [0.1, 0.15) is 82.3 Å². The van der Waals surface area contributed by atoms with Crippen molar-refractivity contribution in [2.45, 2.75) is 83.8 Å². The van der Waals surface area contributed by atoms with Crippen LogP contribution in [0.4, 0.5) is 11.4 Å². The minimum atomic E-state index is -0.483. The van der Waals surface area contributed by atoms with Crippen LogP contribution in [0.3, 0.4) is 0 Å². The maximum atomic E-state index is 12.6. The third kappa shape index (κ3) is 10.2. The Bertz CT molecular complexity index is 1040. The molecule has 0 radical (unpaired) electrons. The van der Waals surface area contributed by atoms with E-state index >= 15 is 0 Å². The van der Waals surface area contributed by atoms with Crippen LogP contribution in [0, 0.1) is 5.92 Å². The zero-order valence-corrected chi connectivity index (χ0v) is 22.5. The monoisotopic (exact) mass is 522 g/mol. The fourth-order valence-corrected chi connectivity index (χ4v) is 4.55. The largest absolute Gasteiger partial charge is 0.458 e. The summed E-state index contributed by atoms with van der Waals surface area (Å²) in [5, 5.41) is 0. The number of anilines is 2. The summed E-state index contributed by atoms with van der Waals surface area (Å²) in [5.74, 6) is -0.264. The smallest absolute Gasteiger partial charge is 0.331 e. The van der Waals surface area contributed by atoms with Crippen LogP contribution in [0.15, 0.2) is 48.5 Å². The Morgan fingerprint density at radius 1 is 0.921 bits per heavy atom. The van der Waals surface area contributed by atoms with Gasteiger partial charge < -0.3 is 25.7 Å². The second kappa shape index (κ2) is 15.8. The van der Waals surface area contributed by atoms with E-state index in [0.29, 0.717) is 22.7 Å². The molecule has 1 saturated carbocycles. The van der Waals surface area contributed by atoms with Gasteiger partial charge in [0.15, 0.2) is 0 Å². The van der Waals surface area contributed by atoms with Crippen molar-refractivity contribution in [3.63, 3.8) is 0 Å². The normalized spacial score (nSPS) is 17.4. The first-order valence-corrected chi connectivity index (χ1v) is 13.9. The Balaban J connectivity index is 1.33. The lowest BCUT2D eigenvalue weighted by Crippen LogP contribution is -2.29. The Morgan fingerprint density at radius 2 is 1.63 bits per heavy atom. The Kier molecular flexibility index (Phi) is 12.2. The number of nitrogen functional groups attached to an aromatic ring is 2. The van der Waals surface area contributed by atoms with Gasteiger partial charge in [0.25, 0.3) is 0 Å². The zero-order chi connectivity index (χ0) is 27.2. The minimum Gasteiger partial charge on any atom is -0.458 e. The molecule has 1 fully saturated rings. The predicted octanol–water partition coefficient (Wildman–Crippen LogP) is 6.45. The predicted molar refractivity (Wildman–Crippen MR) is 151 cm³/mol.